The Morgan fingerprint density at radius 3 is 2.38 bits per heavy atom. The maximum absolute atomic E-state index is 10.5. The number of benzene rings is 1. The second-order valence-corrected chi connectivity index (χ2v) is 6.72. The highest BCUT2D eigenvalue weighted by Gasteiger charge is 2.54. The highest BCUT2D eigenvalue weighted by molar-refractivity contribution is 5.17. The summed E-state index contributed by atoms with van der Waals surface area (Å²) >= 11 is 0. The molecule has 5 unspecified atom stereocenters. The molecule has 6 nitrogen and oxygen atoms in total. The molecule has 0 spiro atoms. The zero-order chi connectivity index (χ0) is 17.3. The van der Waals surface area contributed by atoms with Gasteiger partial charge < -0.3 is 29.2 Å². The number of hydrogen-bond acceptors (Lipinski definition) is 6. The van der Waals surface area contributed by atoms with Crippen molar-refractivity contribution in [3.05, 3.63) is 35.9 Å². The largest absolute Gasteiger partial charge is 0.394 e. The summed E-state index contributed by atoms with van der Waals surface area (Å²) in [6, 6.07) is 9.72. The van der Waals surface area contributed by atoms with Crippen LogP contribution in [0.2, 0.25) is 0 Å². The molecule has 0 aliphatic carbocycles. The summed E-state index contributed by atoms with van der Waals surface area (Å²) in [6.45, 7) is 5.61. The number of fused-ring (bicyclic) bond motifs is 1. The summed E-state index contributed by atoms with van der Waals surface area (Å²) < 4.78 is 23.1. The topological polar surface area (TPSA) is 77.4 Å². The highest BCUT2D eigenvalue weighted by Crippen LogP contribution is 2.37. The van der Waals surface area contributed by atoms with E-state index in [2.05, 4.69) is 0 Å². The SMILES string of the molecule is CC(OC(CO)[C@H]1O[C@@H]2OC(C(C)C)OC2C1O)c1ccccc1. The quantitative estimate of drug-likeness (QED) is 0.821. The Morgan fingerprint density at radius 1 is 1.08 bits per heavy atom. The highest BCUT2D eigenvalue weighted by atomic mass is 16.8. The summed E-state index contributed by atoms with van der Waals surface area (Å²) in [7, 11) is 0. The minimum Gasteiger partial charge on any atom is -0.394 e. The molecule has 0 saturated carbocycles. The van der Waals surface area contributed by atoms with Gasteiger partial charge in [0.1, 0.15) is 24.4 Å². The van der Waals surface area contributed by atoms with E-state index in [-0.39, 0.29) is 24.9 Å². The van der Waals surface area contributed by atoms with E-state index in [0.717, 1.165) is 5.56 Å². The molecule has 2 heterocycles. The third-order valence-electron chi connectivity index (χ3n) is 4.53. The number of aliphatic hydroxyl groups is 2. The molecule has 6 heteroatoms. The van der Waals surface area contributed by atoms with E-state index in [4.69, 9.17) is 18.9 Å². The van der Waals surface area contributed by atoms with Gasteiger partial charge in [0.25, 0.3) is 0 Å². The van der Waals surface area contributed by atoms with Gasteiger partial charge in [-0.25, -0.2) is 0 Å². The summed E-state index contributed by atoms with van der Waals surface area (Å²) in [6.07, 6.45) is -4.04. The van der Waals surface area contributed by atoms with Crippen LogP contribution in [0.25, 0.3) is 0 Å². The molecule has 0 bridgehead atoms. The van der Waals surface area contributed by atoms with Crippen molar-refractivity contribution in [3.63, 3.8) is 0 Å². The molecular weight excluding hydrogens is 312 g/mol. The first-order valence-electron chi connectivity index (χ1n) is 8.47. The van der Waals surface area contributed by atoms with Crippen LogP contribution in [0.1, 0.15) is 32.4 Å². The Bertz CT molecular complexity index is 522. The third kappa shape index (κ3) is 3.49. The molecule has 0 radical (unpaired) electrons. The maximum atomic E-state index is 10.5. The van der Waals surface area contributed by atoms with Gasteiger partial charge in [0, 0.05) is 5.92 Å². The summed E-state index contributed by atoms with van der Waals surface area (Å²) in [5.41, 5.74) is 0.996. The van der Waals surface area contributed by atoms with E-state index in [1.165, 1.54) is 0 Å². The molecule has 2 aliphatic rings. The van der Waals surface area contributed by atoms with Gasteiger partial charge in [0.2, 0.25) is 0 Å². The van der Waals surface area contributed by atoms with Gasteiger partial charge in [0.15, 0.2) is 12.6 Å². The predicted molar refractivity (Wildman–Crippen MR) is 86.1 cm³/mol. The van der Waals surface area contributed by atoms with E-state index in [9.17, 15) is 10.2 Å². The molecule has 2 fully saturated rings. The van der Waals surface area contributed by atoms with E-state index in [1.807, 2.05) is 51.1 Å². The average molecular weight is 338 g/mol. The van der Waals surface area contributed by atoms with Crippen molar-refractivity contribution in [2.75, 3.05) is 6.61 Å². The Kier molecular flexibility index (Phi) is 5.54. The normalized spacial score (nSPS) is 35.2. The molecule has 2 saturated heterocycles. The van der Waals surface area contributed by atoms with Crippen LogP contribution in [0.3, 0.4) is 0 Å². The van der Waals surface area contributed by atoms with E-state index >= 15 is 0 Å². The first-order chi connectivity index (χ1) is 11.5. The molecule has 0 aromatic heterocycles. The molecule has 7 atom stereocenters. The van der Waals surface area contributed by atoms with Crippen molar-refractivity contribution >= 4 is 0 Å². The van der Waals surface area contributed by atoms with Crippen molar-refractivity contribution in [3.8, 4) is 0 Å². The van der Waals surface area contributed by atoms with Crippen LogP contribution in [0, 0.1) is 5.92 Å². The van der Waals surface area contributed by atoms with Gasteiger partial charge in [-0.3, -0.25) is 0 Å². The minimum absolute atomic E-state index is 0.174. The lowest BCUT2D eigenvalue weighted by atomic mass is 10.1. The third-order valence-corrected chi connectivity index (χ3v) is 4.53. The number of rotatable bonds is 6. The Hall–Kier alpha value is -1.02. The summed E-state index contributed by atoms with van der Waals surface area (Å²) in [4.78, 5) is 0. The summed E-state index contributed by atoms with van der Waals surface area (Å²) in [5, 5.41) is 20.2. The fourth-order valence-corrected chi connectivity index (χ4v) is 3.15. The molecule has 2 N–H and O–H groups in total. The van der Waals surface area contributed by atoms with Gasteiger partial charge in [0.05, 0.1) is 12.7 Å². The molecule has 134 valence electrons. The molecule has 2 aliphatic heterocycles. The van der Waals surface area contributed by atoms with E-state index in [1.54, 1.807) is 0 Å². The smallest absolute Gasteiger partial charge is 0.190 e. The number of ether oxygens (including phenoxy) is 4. The lowest BCUT2D eigenvalue weighted by Gasteiger charge is -2.29. The molecule has 3 rings (SSSR count). The predicted octanol–water partition coefficient (Wildman–Crippen LogP) is 1.61. The Morgan fingerprint density at radius 2 is 1.79 bits per heavy atom. The zero-order valence-electron chi connectivity index (χ0n) is 14.2. The lowest BCUT2D eigenvalue weighted by molar-refractivity contribution is -0.211. The van der Waals surface area contributed by atoms with Crippen molar-refractivity contribution in [2.45, 2.75) is 63.9 Å². The van der Waals surface area contributed by atoms with Crippen molar-refractivity contribution in [1.82, 2.24) is 0 Å². The van der Waals surface area contributed by atoms with Crippen molar-refractivity contribution in [1.29, 1.82) is 0 Å². The van der Waals surface area contributed by atoms with Crippen LogP contribution in [0.4, 0.5) is 0 Å². The van der Waals surface area contributed by atoms with Crippen LogP contribution in [-0.2, 0) is 18.9 Å². The first kappa shape index (κ1) is 17.8. The van der Waals surface area contributed by atoms with Crippen LogP contribution >= 0.6 is 0 Å². The Labute approximate surface area is 142 Å². The molecule has 24 heavy (non-hydrogen) atoms. The maximum Gasteiger partial charge on any atom is 0.190 e. The van der Waals surface area contributed by atoms with Crippen LogP contribution < -0.4 is 0 Å². The van der Waals surface area contributed by atoms with Gasteiger partial charge >= 0.3 is 0 Å². The standard InChI is InChI=1S/C18H26O6/c1-10(2)17-23-16-14(20)15(22-18(16)24-17)13(9-19)21-11(3)12-7-5-4-6-8-12/h4-8,10-11,13-20H,9H2,1-3H3/t11?,13?,14?,15-,16?,17?,18-/m1/s1. The molecule has 0 amide bonds. The zero-order valence-corrected chi connectivity index (χ0v) is 14.2. The summed E-state index contributed by atoms with van der Waals surface area (Å²) in [5.74, 6) is 0.174. The molecule has 1 aromatic rings. The number of hydrogen-bond donors (Lipinski definition) is 2. The van der Waals surface area contributed by atoms with Gasteiger partial charge in [-0.2, -0.15) is 0 Å². The fourth-order valence-electron chi connectivity index (χ4n) is 3.15. The number of aliphatic hydroxyl groups excluding tert-OH is 2. The minimum atomic E-state index is -0.904. The second-order valence-electron chi connectivity index (χ2n) is 6.72. The fraction of sp³-hybridized carbons (Fsp3) is 0.667. The van der Waals surface area contributed by atoms with Gasteiger partial charge in [-0.05, 0) is 12.5 Å². The van der Waals surface area contributed by atoms with E-state index in [0.29, 0.717) is 0 Å². The van der Waals surface area contributed by atoms with Gasteiger partial charge in [-0.15, -0.1) is 0 Å². The first-order valence-corrected chi connectivity index (χ1v) is 8.47. The average Bonchev–Trinajstić information content (AvgIpc) is 3.13. The Balaban J connectivity index is 1.63. The molecule has 1 aromatic carbocycles. The van der Waals surface area contributed by atoms with Crippen molar-refractivity contribution < 1.29 is 29.2 Å². The van der Waals surface area contributed by atoms with Crippen LogP contribution in [0.5, 0.6) is 0 Å². The van der Waals surface area contributed by atoms with Crippen LogP contribution in [-0.4, -0.2) is 53.8 Å². The monoisotopic (exact) mass is 338 g/mol. The van der Waals surface area contributed by atoms with Gasteiger partial charge in [-0.1, -0.05) is 44.2 Å². The van der Waals surface area contributed by atoms with Crippen molar-refractivity contribution in [2.24, 2.45) is 5.92 Å². The van der Waals surface area contributed by atoms with E-state index < -0.39 is 30.7 Å². The molecular formula is C18H26O6. The second kappa shape index (κ2) is 7.47. The lowest BCUT2D eigenvalue weighted by Crippen LogP contribution is -2.43. The van der Waals surface area contributed by atoms with Crippen LogP contribution in [0.15, 0.2) is 30.3 Å².